The van der Waals surface area contributed by atoms with Crippen LogP contribution in [0.25, 0.3) is 0 Å². The highest BCUT2D eigenvalue weighted by Crippen LogP contribution is 2.31. The molecular weight excluding hydrogens is 562 g/mol. The molecule has 3 aliphatic heterocycles. The van der Waals surface area contributed by atoms with E-state index in [1.165, 1.54) is 0 Å². The predicted molar refractivity (Wildman–Crippen MR) is 165 cm³/mol. The quantitative estimate of drug-likeness (QED) is 0.416. The zero-order chi connectivity index (χ0) is 31.4. The van der Waals surface area contributed by atoms with Crippen LogP contribution in [0.1, 0.15) is 74.5 Å². The molecule has 5 rings (SSSR count). The van der Waals surface area contributed by atoms with Gasteiger partial charge in [-0.15, -0.1) is 0 Å². The van der Waals surface area contributed by atoms with Crippen LogP contribution in [-0.4, -0.2) is 84.6 Å². The third-order valence-corrected chi connectivity index (χ3v) is 8.28. The molecule has 1 unspecified atom stereocenters. The van der Waals surface area contributed by atoms with Crippen molar-refractivity contribution < 1.29 is 28.7 Å². The summed E-state index contributed by atoms with van der Waals surface area (Å²) in [7, 11) is 0. The summed E-state index contributed by atoms with van der Waals surface area (Å²) in [6.07, 6.45) is 0.901. The fraction of sp³-hybridized carbons (Fsp3) is 0.515. The number of nitrogens with one attached hydrogen (secondary N) is 2. The molecule has 11 nitrogen and oxygen atoms in total. The molecule has 3 heterocycles. The number of piperazine rings is 1. The molecule has 3 aliphatic rings. The van der Waals surface area contributed by atoms with Crippen LogP contribution in [0.15, 0.2) is 42.5 Å². The van der Waals surface area contributed by atoms with E-state index in [9.17, 15) is 19.2 Å². The second kappa shape index (κ2) is 13.3. The average Bonchev–Trinajstić information content (AvgIpc) is 3.30. The molecule has 2 N–H and O–H groups in total. The van der Waals surface area contributed by atoms with Crippen LogP contribution in [-0.2, 0) is 20.9 Å². The van der Waals surface area contributed by atoms with E-state index in [0.29, 0.717) is 25.1 Å². The van der Waals surface area contributed by atoms with Crippen molar-refractivity contribution in [2.45, 2.75) is 71.2 Å². The second-order valence-corrected chi connectivity index (χ2v) is 12.6. The summed E-state index contributed by atoms with van der Waals surface area (Å²) < 4.78 is 11.5. The number of hydrogen-bond acceptors (Lipinski definition) is 8. The lowest BCUT2D eigenvalue weighted by atomic mass is 10.0. The van der Waals surface area contributed by atoms with Gasteiger partial charge in [-0.2, -0.15) is 0 Å². The van der Waals surface area contributed by atoms with E-state index in [1.807, 2.05) is 64.1 Å². The minimum Gasteiger partial charge on any atom is -0.492 e. The van der Waals surface area contributed by atoms with Crippen LogP contribution in [0.5, 0.6) is 5.75 Å². The molecule has 2 aromatic rings. The van der Waals surface area contributed by atoms with Crippen LogP contribution >= 0.6 is 0 Å². The summed E-state index contributed by atoms with van der Waals surface area (Å²) in [6.45, 7) is 12.8. The Hall–Kier alpha value is -4.12. The number of piperidine rings is 1. The molecule has 0 bridgehead atoms. The number of carbonyl (C=O) groups is 4. The zero-order valence-corrected chi connectivity index (χ0v) is 26.1. The van der Waals surface area contributed by atoms with E-state index in [-0.39, 0.29) is 24.3 Å². The van der Waals surface area contributed by atoms with Crippen LogP contribution in [0, 0.1) is 0 Å². The van der Waals surface area contributed by atoms with Gasteiger partial charge in [-0.1, -0.05) is 19.1 Å². The van der Waals surface area contributed by atoms with Crippen molar-refractivity contribution in [3.8, 4) is 5.75 Å². The lowest BCUT2D eigenvalue weighted by molar-refractivity contribution is -0.136. The molecule has 0 aliphatic carbocycles. The van der Waals surface area contributed by atoms with Crippen molar-refractivity contribution in [2.24, 2.45) is 0 Å². The Kier molecular flexibility index (Phi) is 9.43. The number of imide groups is 1. The third kappa shape index (κ3) is 7.50. The molecule has 2 fully saturated rings. The lowest BCUT2D eigenvalue weighted by Gasteiger charge is -2.36. The Bertz CT molecular complexity index is 1400. The summed E-state index contributed by atoms with van der Waals surface area (Å²) in [4.78, 5) is 55.5. The Labute approximate surface area is 258 Å². The Morgan fingerprint density at radius 1 is 1.07 bits per heavy atom. The standard InChI is InChI=1S/C33H43N5O6/c1-5-27(34-32(42)44-33(2,3)4)22-7-6-8-25(20-22)43-18-17-36-13-15-37(16-14-36)24-9-10-26-23(19-24)21-38(31(26)41)28-11-12-29(39)35-30(28)40/h6-10,19-20,27-28H,5,11-18,21H2,1-4H3,(H,34,42)(H,35,39,40)/t27-,28?/m1/s1. The highest BCUT2D eigenvalue weighted by molar-refractivity contribution is 6.05. The monoisotopic (exact) mass is 605 g/mol. The van der Waals surface area contributed by atoms with Gasteiger partial charge >= 0.3 is 6.09 Å². The third-order valence-electron chi connectivity index (χ3n) is 8.28. The van der Waals surface area contributed by atoms with Crippen LogP contribution in [0.3, 0.4) is 0 Å². The van der Waals surface area contributed by atoms with E-state index in [1.54, 1.807) is 4.90 Å². The number of rotatable bonds is 9. The smallest absolute Gasteiger partial charge is 0.408 e. The van der Waals surface area contributed by atoms with Crippen molar-refractivity contribution in [3.05, 3.63) is 59.2 Å². The molecule has 0 aromatic heterocycles. The van der Waals surface area contributed by atoms with Gasteiger partial charge in [-0.05, 0) is 75.1 Å². The Morgan fingerprint density at radius 2 is 1.84 bits per heavy atom. The van der Waals surface area contributed by atoms with Gasteiger partial charge in [0.2, 0.25) is 11.8 Å². The number of amides is 4. The molecule has 2 aromatic carbocycles. The van der Waals surface area contributed by atoms with Crippen molar-refractivity contribution in [1.29, 1.82) is 0 Å². The van der Waals surface area contributed by atoms with Gasteiger partial charge in [0.15, 0.2) is 0 Å². The molecular formula is C33H43N5O6. The number of benzene rings is 2. The molecule has 4 amide bonds. The summed E-state index contributed by atoms with van der Waals surface area (Å²) in [5.41, 5.74) is 3.04. The first-order valence-electron chi connectivity index (χ1n) is 15.5. The normalized spacial score (nSPS) is 19.8. The van der Waals surface area contributed by atoms with Gasteiger partial charge in [0.05, 0.1) is 6.04 Å². The first-order chi connectivity index (χ1) is 21.0. The molecule has 0 spiro atoms. The number of carbonyl (C=O) groups excluding carboxylic acids is 4. The fourth-order valence-electron chi connectivity index (χ4n) is 5.97. The molecule has 44 heavy (non-hydrogen) atoms. The van der Waals surface area contributed by atoms with E-state index in [2.05, 4.69) is 26.5 Å². The number of ether oxygens (including phenoxy) is 2. The first-order valence-corrected chi connectivity index (χ1v) is 15.5. The minimum absolute atomic E-state index is 0.152. The zero-order valence-electron chi connectivity index (χ0n) is 26.1. The van der Waals surface area contributed by atoms with Gasteiger partial charge in [0.25, 0.3) is 5.91 Å². The highest BCUT2D eigenvalue weighted by Gasteiger charge is 2.39. The van der Waals surface area contributed by atoms with Gasteiger partial charge < -0.3 is 24.6 Å². The number of hydrogen-bond donors (Lipinski definition) is 2. The van der Waals surface area contributed by atoms with E-state index >= 15 is 0 Å². The van der Waals surface area contributed by atoms with Crippen LogP contribution in [0.4, 0.5) is 10.5 Å². The van der Waals surface area contributed by atoms with E-state index < -0.39 is 23.6 Å². The molecule has 2 atom stereocenters. The highest BCUT2D eigenvalue weighted by atomic mass is 16.6. The van der Waals surface area contributed by atoms with Gasteiger partial charge in [0.1, 0.15) is 24.0 Å². The summed E-state index contributed by atoms with van der Waals surface area (Å²) >= 11 is 0. The van der Waals surface area contributed by atoms with Crippen molar-refractivity contribution in [2.75, 3.05) is 44.2 Å². The number of anilines is 1. The molecule has 2 saturated heterocycles. The molecule has 11 heteroatoms. The molecule has 0 radical (unpaired) electrons. The minimum atomic E-state index is -0.605. The Balaban J connectivity index is 1.09. The van der Waals surface area contributed by atoms with E-state index in [0.717, 1.165) is 61.7 Å². The fourth-order valence-corrected chi connectivity index (χ4v) is 5.97. The van der Waals surface area contributed by atoms with Crippen molar-refractivity contribution >= 4 is 29.5 Å². The summed E-state index contributed by atoms with van der Waals surface area (Å²) in [5, 5.41) is 5.31. The molecule has 236 valence electrons. The average molecular weight is 606 g/mol. The van der Waals surface area contributed by atoms with Crippen molar-refractivity contribution in [1.82, 2.24) is 20.4 Å². The SMILES string of the molecule is CC[C@@H](NC(=O)OC(C)(C)C)c1cccc(OCCN2CCN(c3ccc4c(c3)CN(C3CCC(=O)NC3=O)C4=O)CC2)c1. The van der Waals surface area contributed by atoms with Crippen LogP contribution < -0.4 is 20.3 Å². The second-order valence-electron chi connectivity index (χ2n) is 12.6. The summed E-state index contributed by atoms with van der Waals surface area (Å²) in [6, 6.07) is 13.0. The number of alkyl carbamates (subject to hydrolysis) is 1. The Morgan fingerprint density at radius 3 is 2.55 bits per heavy atom. The van der Waals surface area contributed by atoms with Crippen LogP contribution in [0.2, 0.25) is 0 Å². The van der Waals surface area contributed by atoms with Gasteiger partial charge in [-0.25, -0.2) is 4.79 Å². The summed E-state index contributed by atoms with van der Waals surface area (Å²) in [5.74, 6) is -0.0613. The maximum absolute atomic E-state index is 13.0. The predicted octanol–water partition coefficient (Wildman–Crippen LogP) is 3.62. The van der Waals surface area contributed by atoms with E-state index in [4.69, 9.17) is 9.47 Å². The first kappa shape index (κ1) is 31.3. The van der Waals surface area contributed by atoms with Crippen molar-refractivity contribution in [3.63, 3.8) is 0 Å². The van der Waals surface area contributed by atoms with Gasteiger partial charge in [0, 0.05) is 56.9 Å². The number of fused-ring (bicyclic) bond motifs is 1. The number of nitrogens with zero attached hydrogens (tertiary/aromatic N) is 3. The maximum Gasteiger partial charge on any atom is 0.408 e. The largest absolute Gasteiger partial charge is 0.492 e. The lowest BCUT2D eigenvalue weighted by Crippen LogP contribution is -2.52. The van der Waals surface area contributed by atoms with Gasteiger partial charge in [-0.3, -0.25) is 24.6 Å². The topological polar surface area (TPSA) is 121 Å². The molecule has 0 saturated carbocycles. The maximum atomic E-state index is 13.0.